The maximum Gasteiger partial charge on any atom is 0.407 e. The van der Waals surface area contributed by atoms with E-state index >= 15 is 4.79 Å². The van der Waals surface area contributed by atoms with Gasteiger partial charge in [-0.1, -0.05) is 69.2 Å². The molecule has 0 aromatic carbocycles. The summed E-state index contributed by atoms with van der Waals surface area (Å²) in [5, 5.41) is 62.3. The molecule has 0 unspecified atom stereocenters. The predicted octanol–water partition coefficient (Wildman–Crippen LogP) is 6.60. The Morgan fingerprint density at radius 1 is 0.723 bits per heavy atom. The maximum atomic E-state index is 15.5. The number of hydrogen-bond acceptors (Lipinski definition) is 20. The van der Waals surface area contributed by atoms with Crippen molar-refractivity contribution in [1.82, 2.24) is 5.32 Å². The van der Waals surface area contributed by atoms with Gasteiger partial charge in [-0.05, 0) is 90.6 Å². The van der Waals surface area contributed by atoms with E-state index in [4.69, 9.17) is 52.1 Å². The first-order chi connectivity index (χ1) is 39.1. The van der Waals surface area contributed by atoms with Crippen molar-refractivity contribution in [3.05, 3.63) is 68.5 Å². The van der Waals surface area contributed by atoms with E-state index in [9.17, 15) is 40.1 Å². The Bertz CT molecular complexity index is 2580. The first-order valence-corrected chi connectivity index (χ1v) is 29.8. The molecule has 0 aromatic rings. The van der Waals surface area contributed by atoms with Gasteiger partial charge in [0.2, 0.25) is 11.3 Å². The van der Waals surface area contributed by atoms with Crippen LogP contribution < -0.4 is 5.32 Å². The number of methoxy groups -OCH3 is 2. The number of ketones is 1. The van der Waals surface area contributed by atoms with Crippen molar-refractivity contribution in [2.45, 2.75) is 244 Å². The number of carbonyl (C=O) groups is 3. The highest BCUT2D eigenvalue weighted by Gasteiger charge is 2.64. The Morgan fingerprint density at radius 3 is 1.96 bits per heavy atom. The van der Waals surface area contributed by atoms with Gasteiger partial charge in [0.1, 0.15) is 35.7 Å². The molecular formula is C61H90N2O20. The lowest BCUT2D eigenvalue weighted by Gasteiger charge is -2.56. The van der Waals surface area contributed by atoms with E-state index in [-0.39, 0.29) is 67.6 Å². The standard InChI is InChI=1S/C61H90N2O20/c1-27-15-18-42(79-47-26-59(11,63(71)72)54(36(10)78-47)62-58(70)74-14)29(3)21-37-20-28(2)32(6)25-61(37)56(68)48(57(69)83-61)55(67)60(12)39(27)17-16-38-49(60)30(4)19-31(5)51(38)81-46-24-43(50(66)33(7)75-46)80-44-23-41(65)53(35(9)77-44)82-45-22-40(64)52(73-13)34(8)76-45/h15-17,20-21,30-47,49-54,64-67H,18-19,22-26H2,1-14H3,(H,62,70)/b27-15+,29-21+,55-48+/t30-,31-,32+,33-,34-,35-,36+,37-,38-,39-,40+,41+,42-,43+,44-,45+,46-,47-,49+,50-,51-,52-,53-,54-,59-,60+,61-/m0/s1. The van der Waals surface area contributed by atoms with Crippen LogP contribution in [-0.2, 0) is 61.7 Å². The van der Waals surface area contributed by atoms with Crippen molar-refractivity contribution in [3.8, 4) is 0 Å². The van der Waals surface area contributed by atoms with Crippen molar-refractivity contribution in [2.75, 3.05) is 14.2 Å². The largest absolute Gasteiger partial charge is 0.511 e. The number of Topliss-reactive ketones (excluding diaryl/α,β-unsaturated/α-hetero) is 1. The zero-order valence-electron chi connectivity index (χ0n) is 50.5. The Balaban J connectivity index is 1.00. The van der Waals surface area contributed by atoms with Crippen LogP contribution in [0.25, 0.3) is 0 Å². The topological polar surface area (TPSA) is 289 Å². The molecule has 22 heteroatoms. The van der Waals surface area contributed by atoms with E-state index in [2.05, 4.69) is 25.2 Å². The van der Waals surface area contributed by atoms with Crippen LogP contribution in [-0.4, -0.2) is 173 Å². The minimum Gasteiger partial charge on any atom is -0.511 e. The molecule has 5 heterocycles. The van der Waals surface area contributed by atoms with Crippen molar-refractivity contribution < 1.29 is 91.8 Å². The molecule has 1 saturated carbocycles. The summed E-state index contributed by atoms with van der Waals surface area (Å²) in [7, 11) is 2.69. The quantitative estimate of drug-likeness (QED) is 0.0479. The molecule has 1 spiro atoms. The summed E-state index contributed by atoms with van der Waals surface area (Å²) < 4.78 is 68.1. The summed E-state index contributed by atoms with van der Waals surface area (Å²) in [6.07, 6.45) is -2.63. The van der Waals surface area contributed by atoms with Crippen LogP contribution in [0, 0.1) is 57.0 Å². The summed E-state index contributed by atoms with van der Waals surface area (Å²) in [5.74, 6) is -4.38. The Labute approximate surface area is 486 Å². The first kappa shape index (κ1) is 63.3. The molecule has 464 valence electrons. The van der Waals surface area contributed by atoms with Crippen LogP contribution in [0.3, 0.4) is 0 Å². The van der Waals surface area contributed by atoms with Gasteiger partial charge in [0, 0.05) is 67.8 Å². The van der Waals surface area contributed by atoms with E-state index < -0.39 is 167 Å². The van der Waals surface area contributed by atoms with Crippen molar-refractivity contribution >= 4 is 17.8 Å². The number of nitrogens with one attached hydrogen (secondary N) is 1. The van der Waals surface area contributed by atoms with Gasteiger partial charge in [-0.3, -0.25) is 14.9 Å². The van der Waals surface area contributed by atoms with Gasteiger partial charge in [-0.15, -0.1) is 0 Å². The molecule has 4 aliphatic carbocycles. The van der Waals surface area contributed by atoms with Crippen LogP contribution >= 0.6 is 0 Å². The van der Waals surface area contributed by atoms with E-state index in [1.807, 2.05) is 58.9 Å². The number of carbonyl (C=O) groups excluding carboxylic acids is 3. The number of aliphatic hydroxyl groups excluding tert-OH is 4. The maximum absolute atomic E-state index is 15.5. The Hall–Kier alpha value is -4.17. The number of rotatable bonds is 11. The Kier molecular flexibility index (Phi) is 18.7. The molecule has 2 bridgehead atoms. The van der Waals surface area contributed by atoms with Gasteiger partial charge >= 0.3 is 12.1 Å². The lowest BCUT2D eigenvalue weighted by atomic mass is 9.49. The highest BCUT2D eigenvalue weighted by atomic mass is 16.7. The number of esters is 1. The number of fused-ring (bicyclic) bond motifs is 4. The number of aliphatic hydroxyl groups is 4. The monoisotopic (exact) mass is 1170 g/mol. The third-order valence-electron chi connectivity index (χ3n) is 20.3. The van der Waals surface area contributed by atoms with Crippen LogP contribution in [0.1, 0.15) is 128 Å². The molecule has 0 aromatic heterocycles. The van der Waals surface area contributed by atoms with Crippen molar-refractivity contribution in [3.63, 3.8) is 0 Å². The number of nitrogens with zero attached hydrogens (tertiary/aromatic N) is 1. The van der Waals surface area contributed by atoms with Gasteiger partial charge in [0.25, 0.3) is 0 Å². The minimum atomic E-state index is -1.73. The lowest BCUT2D eigenvalue weighted by molar-refractivity contribution is -0.584. The Morgan fingerprint density at radius 2 is 1.33 bits per heavy atom. The second-order valence-electron chi connectivity index (χ2n) is 26.0. The third-order valence-corrected chi connectivity index (χ3v) is 20.3. The zero-order valence-corrected chi connectivity index (χ0v) is 50.5. The number of alkyl carbamates (subject to hydrolysis) is 1. The van der Waals surface area contributed by atoms with Crippen molar-refractivity contribution in [1.29, 1.82) is 0 Å². The molecular weight excluding hydrogens is 1080 g/mol. The molecule has 5 N–H and O–H groups in total. The van der Waals surface area contributed by atoms with Gasteiger partial charge in [-0.25, -0.2) is 9.59 Å². The van der Waals surface area contributed by atoms with Crippen molar-refractivity contribution in [2.24, 2.45) is 46.8 Å². The van der Waals surface area contributed by atoms with Crippen LogP contribution in [0.4, 0.5) is 4.79 Å². The molecule has 5 aliphatic heterocycles. The second kappa shape index (κ2) is 24.5. The molecule has 5 saturated heterocycles. The fourth-order valence-corrected chi connectivity index (χ4v) is 15.7. The normalized spacial score (nSPS) is 49.8. The SMILES string of the molecule is COC(=O)N[C@H]1[C@@H](C)O[C@@H](O[C@H]2C/C=C(\C)[C@@H]3C=C[C@@H]4[C@@H](O[C@H]5C[C@@H](O[C@H]6C[C@@H](O)[C@@H](O[C@@H]7C[C@@H](O)[C@@H](OC)[C@H](C)O7)[C@H](C)O6)[C@@H](O)[C@H](C)O5)[C@@H](C)C[C@H](C)[C@H]4[C@]3(C)/C(O)=C3\C(=O)O[C@]4(C[C@@H](C)C(C)=C[C@H]4/C=C/2C)C3=O)C[C@]1(C)[N+](=O)[O-]. The molecule has 9 rings (SSSR count). The molecule has 27 atom stereocenters. The molecule has 1 amide bonds. The number of hydrogen-bond donors (Lipinski definition) is 5. The number of amides is 1. The van der Waals surface area contributed by atoms with Gasteiger partial charge < -0.3 is 77.8 Å². The third kappa shape index (κ3) is 11.8. The summed E-state index contributed by atoms with van der Waals surface area (Å²) in [5.41, 5.74) is -2.67. The fraction of sp³-hybridized carbons (Fsp3) is 0.787. The molecule has 83 heavy (non-hydrogen) atoms. The second-order valence-corrected chi connectivity index (χ2v) is 26.0. The summed E-state index contributed by atoms with van der Waals surface area (Å²) in [4.78, 5) is 55.1. The van der Waals surface area contributed by atoms with Crippen LogP contribution in [0.5, 0.6) is 0 Å². The number of nitro groups is 1. The van der Waals surface area contributed by atoms with Crippen LogP contribution in [0.15, 0.2) is 58.4 Å². The molecule has 22 nitrogen and oxygen atoms in total. The van der Waals surface area contributed by atoms with E-state index in [1.165, 1.54) is 21.1 Å². The fourth-order valence-electron chi connectivity index (χ4n) is 15.7. The van der Waals surface area contributed by atoms with Gasteiger partial charge in [0.15, 0.2) is 30.8 Å². The summed E-state index contributed by atoms with van der Waals surface area (Å²) >= 11 is 0. The van der Waals surface area contributed by atoms with Gasteiger partial charge in [-0.2, -0.15) is 0 Å². The van der Waals surface area contributed by atoms with Gasteiger partial charge in [0.05, 0.1) is 68.5 Å². The molecule has 6 fully saturated rings. The minimum absolute atomic E-state index is 0.0237. The zero-order chi connectivity index (χ0) is 60.5. The summed E-state index contributed by atoms with van der Waals surface area (Å²) in [6.45, 7) is 22.2. The van der Waals surface area contributed by atoms with Crippen LogP contribution in [0.2, 0.25) is 0 Å². The molecule has 0 radical (unpaired) electrons. The van der Waals surface area contributed by atoms with E-state index in [0.717, 1.165) is 11.1 Å². The average Bonchev–Trinajstić information content (AvgIpc) is 1.91. The predicted molar refractivity (Wildman–Crippen MR) is 296 cm³/mol. The number of allylic oxidation sites excluding steroid dienone is 4. The summed E-state index contributed by atoms with van der Waals surface area (Å²) in [6, 6.07) is -1.06. The van der Waals surface area contributed by atoms with E-state index in [1.54, 1.807) is 27.7 Å². The van der Waals surface area contributed by atoms with E-state index in [0.29, 0.717) is 12.0 Å². The smallest absolute Gasteiger partial charge is 0.407 e. The molecule has 9 aliphatic rings. The average molecular weight is 1170 g/mol. The first-order valence-electron chi connectivity index (χ1n) is 29.8. The number of ether oxygens (including phenoxy) is 11. The lowest BCUT2D eigenvalue weighted by Crippen LogP contribution is -2.65. The highest BCUT2D eigenvalue weighted by Crippen LogP contribution is 2.61. The highest BCUT2D eigenvalue weighted by molar-refractivity contribution is 6.26.